The number of methoxy groups -OCH3 is 1. The van der Waals surface area contributed by atoms with Crippen LogP contribution in [0, 0.1) is 0 Å². The molecule has 0 spiro atoms. The summed E-state index contributed by atoms with van der Waals surface area (Å²) in [6.07, 6.45) is -0.155. The molecule has 2 unspecified atom stereocenters. The molecule has 1 aromatic heterocycles. The molecule has 12 heteroatoms. The normalized spacial score (nSPS) is 22.7. The maximum absolute atomic E-state index is 14.0. The van der Waals surface area contributed by atoms with Gasteiger partial charge in [-0.3, -0.25) is 9.69 Å². The zero-order valence-electron chi connectivity index (χ0n) is 26.3. The molecule has 5 heterocycles. The van der Waals surface area contributed by atoms with Crippen LogP contribution in [0.5, 0.6) is 5.75 Å². The van der Waals surface area contributed by atoms with E-state index in [4.69, 9.17) is 9.47 Å². The van der Waals surface area contributed by atoms with E-state index in [-0.39, 0.29) is 30.4 Å². The van der Waals surface area contributed by atoms with E-state index in [9.17, 15) is 18.0 Å². The highest BCUT2D eigenvalue weighted by molar-refractivity contribution is 6.06. The minimum atomic E-state index is -4.61. The smallest absolute Gasteiger partial charge is 0.419 e. The van der Waals surface area contributed by atoms with E-state index in [1.165, 1.54) is 0 Å². The Morgan fingerprint density at radius 1 is 1.09 bits per heavy atom. The van der Waals surface area contributed by atoms with E-state index in [2.05, 4.69) is 30.4 Å². The molecule has 2 bridgehead atoms. The van der Waals surface area contributed by atoms with Gasteiger partial charge in [-0.05, 0) is 75.3 Å². The average Bonchev–Trinajstić information content (AvgIpc) is 3.72. The molecular weight excluding hydrogens is 597 g/mol. The number of carbonyl (C=O) groups is 1. The van der Waals surface area contributed by atoms with Crippen molar-refractivity contribution in [3.05, 3.63) is 65.0 Å². The number of rotatable bonds is 8. The van der Waals surface area contributed by atoms with Crippen molar-refractivity contribution in [3.63, 3.8) is 0 Å². The lowest BCUT2D eigenvalue weighted by molar-refractivity contribution is -0.138. The molecular formula is C34H39F3N6O3. The maximum Gasteiger partial charge on any atom is 0.419 e. The van der Waals surface area contributed by atoms with Crippen LogP contribution < -0.4 is 20.3 Å². The first-order valence-corrected chi connectivity index (χ1v) is 15.9. The molecule has 9 nitrogen and oxygen atoms in total. The number of nitrogens with zero attached hydrogens (tertiary/aromatic N) is 4. The average molecular weight is 637 g/mol. The summed E-state index contributed by atoms with van der Waals surface area (Å²) in [4.78, 5) is 26.0. The van der Waals surface area contributed by atoms with Gasteiger partial charge in [0.15, 0.2) is 0 Å². The lowest BCUT2D eigenvalue weighted by atomic mass is 9.82. The Morgan fingerprint density at radius 3 is 2.61 bits per heavy atom. The molecule has 0 aliphatic carbocycles. The van der Waals surface area contributed by atoms with Gasteiger partial charge >= 0.3 is 6.18 Å². The molecule has 7 rings (SSSR count). The molecule has 1 amide bonds. The number of likely N-dealkylation sites (tertiary alicyclic amines) is 1. The first-order chi connectivity index (χ1) is 22.0. The standard InChI is InChI=1S/C34H39F3N6O3/c1-33(2)30-20(5-4-6-28(30)39-31(33)44)7-9-26-25(34(35,36)37)17-38-32(40-26)41-27-10-8-22(16-29(27)45-3)43-19-23-15-24(43)18-42(23)21-11-13-46-14-12-21/h4-6,8,10,16-17,21,23-24H,7,9,11-15,18-19H2,1-3H3,(H,39,44)(H,38,40,41). The first kappa shape index (κ1) is 30.7. The number of aryl methyl sites for hydroxylation is 2. The van der Waals surface area contributed by atoms with Gasteiger partial charge in [-0.1, -0.05) is 12.1 Å². The van der Waals surface area contributed by atoms with Crippen molar-refractivity contribution in [2.75, 3.05) is 48.9 Å². The highest BCUT2D eigenvalue weighted by Crippen LogP contribution is 2.42. The van der Waals surface area contributed by atoms with Crippen LogP contribution in [0.1, 0.15) is 55.5 Å². The fraction of sp³-hybridized carbons (Fsp3) is 0.500. The molecule has 46 heavy (non-hydrogen) atoms. The zero-order valence-corrected chi connectivity index (χ0v) is 26.3. The summed E-state index contributed by atoms with van der Waals surface area (Å²) < 4.78 is 53.4. The van der Waals surface area contributed by atoms with Gasteiger partial charge in [0.25, 0.3) is 0 Å². The van der Waals surface area contributed by atoms with Crippen LogP contribution in [0.2, 0.25) is 0 Å². The lowest BCUT2D eigenvalue weighted by Crippen LogP contribution is -2.51. The largest absolute Gasteiger partial charge is 0.494 e. The summed E-state index contributed by atoms with van der Waals surface area (Å²) >= 11 is 0. The van der Waals surface area contributed by atoms with Gasteiger partial charge in [0.1, 0.15) is 5.75 Å². The molecule has 4 aliphatic rings. The van der Waals surface area contributed by atoms with Crippen LogP contribution in [-0.2, 0) is 34.0 Å². The van der Waals surface area contributed by atoms with E-state index >= 15 is 0 Å². The van der Waals surface area contributed by atoms with Gasteiger partial charge in [0.05, 0.1) is 29.5 Å². The van der Waals surface area contributed by atoms with Gasteiger partial charge in [-0.2, -0.15) is 13.2 Å². The number of fused-ring (bicyclic) bond motifs is 3. The Morgan fingerprint density at radius 2 is 1.89 bits per heavy atom. The number of aromatic nitrogens is 2. The highest BCUT2D eigenvalue weighted by Gasteiger charge is 2.46. The third-order valence-electron chi connectivity index (χ3n) is 10.1. The third-order valence-corrected chi connectivity index (χ3v) is 10.1. The van der Waals surface area contributed by atoms with E-state index in [0.717, 1.165) is 68.6 Å². The summed E-state index contributed by atoms with van der Waals surface area (Å²) in [5.74, 6) is 0.483. The molecule has 3 aromatic rings. The summed E-state index contributed by atoms with van der Waals surface area (Å²) in [5.41, 5.74) is 2.18. The maximum atomic E-state index is 14.0. The number of halogens is 3. The fourth-order valence-electron chi connectivity index (χ4n) is 7.76. The number of anilines is 4. The van der Waals surface area contributed by atoms with Gasteiger partial charge in [0.2, 0.25) is 11.9 Å². The van der Waals surface area contributed by atoms with Crippen LogP contribution in [0.25, 0.3) is 0 Å². The lowest BCUT2D eigenvalue weighted by Gasteiger charge is -2.41. The number of amides is 1. The van der Waals surface area contributed by atoms with Gasteiger partial charge in [-0.25, -0.2) is 9.97 Å². The van der Waals surface area contributed by atoms with E-state index in [1.54, 1.807) is 13.2 Å². The number of carbonyl (C=O) groups excluding carboxylic acids is 1. The second kappa shape index (κ2) is 11.7. The topological polar surface area (TPSA) is 91.9 Å². The van der Waals surface area contributed by atoms with Crippen molar-refractivity contribution in [1.82, 2.24) is 14.9 Å². The van der Waals surface area contributed by atoms with E-state index in [0.29, 0.717) is 35.2 Å². The Hall–Kier alpha value is -3.90. The van der Waals surface area contributed by atoms with E-state index in [1.807, 2.05) is 44.2 Å². The number of benzene rings is 2. The second-order valence-electron chi connectivity index (χ2n) is 13.2. The van der Waals surface area contributed by atoms with Crippen molar-refractivity contribution in [1.29, 1.82) is 0 Å². The molecule has 0 radical (unpaired) electrons. The highest BCUT2D eigenvalue weighted by atomic mass is 19.4. The third kappa shape index (κ3) is 5.55. The van der Waals surface area contributed by atoms with Crippen LogP contribution >= 0.6 is 0 Å². The number of alkyl halides is 3. The Labute approximate surface area is 266 Å². The van der Waals surface area contributed by atoms with Crippen LogP contribution in [0.4, 0.5) is 36.2 Å². The second-order valence-corrected chi connectivity index (χ2v) is 13.2. The summed E-state index contributed by atoms with van der Waals surface area (Å²) in [5, 5.41) is 5.97. The van der Waals surface area contributed by atoms with Gasteiger partial charge in [0, 0.05) is 68.1 Å². The fourth-order valence-corrected chi connectivity index (χ4v) is 7.76. The van der Waals surface area contributed by atoms with Crippen molar-refractivity contribution in [3.8, 4) is 5.75 Å². The van der Waals surface area contributed by atoms with Crippen molar-refractivity contribution in [2.45, 2.75) is 75.7 Å². The molecule has 3 saturated heterocycles. The number of ether oxygens (including phenoxy) is 2. The summed E-state index contributed by atoms with van der Waals surface area (Å²) in [6, 6.07) is 12.9. The molecule has 244 valence electrons. The van der Waals surface area contributed by atoms with Crippen molar-refractivity contribution >= 4 is 28.9 Å². The number of nitrogens with one attached hydrogen (secondary N) is 2. The SMILES string of the molecule is COc1cc(N2CC3CC2CN3C2CCOCC2)ccc1Nc1ncc(C(F)(F)F)c(CCc2cccc3c2C(C)(C)C(=O)N3)n1. The molecule has 2 atom stereocenters. The van der Waals surface area contributed by atoms with Gasteiger partial charge < -0.3 is 25.0 Å². The first-order valence-electron chi connectivity index (χ1n) is 15.9. The molecule has 2 aromatic carbocycles. The minimum Gasteiger partial charge on any atom is -0.494 e. The number of piperazine rings is 1. The van der Waals surface area contributed by atoms with Crippen LogP contribution in [0.3, 0.4) is 0 Å². The predicted molar refractivity (Wildman–Crippen MR) is 169 cm³/mol. The Balaban J connectivity index is 1.09. The molecule has 4 aliphatic heterocycles. The Kier molecular flexibility index (Phi) is 7.83. The van der Waals surface area contributed by atoms with Gasteiger partial charge in [-0.15, -0.1) is 0 Å². The van der Waals surface area contributed by atoms with Crippen LogP contribution in [0.15, 0.2) is 42.6 Å². The van der Waals surface area contributed by atoms with Crippen molar-refractivity contribution in [2.24, 2.45) is 0 Å². The number of hydrogen-bond donors (Lipinski definition) is 2. The zero-order chi connectivity index (χ0) is 32.2. The molecule has 2 N–H and O–H groups in total. The summed E-state index contributed by atoms with van der Waals surface area (Å²) in [7, 11) is 1.58. The monoisotopic (exact) mass is 636 g/mol. The van der Waals surface area contributed by atoms with Crippen molar-refractivity contribution < 1.29 is 27.4 Å². The molecule has 0 saturated carbocycles. The number of hydrogen-bond acceptors (Lipinski definition) is 8. The Bertz CT molecular complexity index is 1640. The quantitative estimate of drug-likeness (QED) is 0.325. The summed E-state index contributed by atoms with van der Waals surface area (Å²) in [6.45, 7) is 7.31. The minimum absolute atomic E-state index is 0.0191. The predicted octanol–water partition coefficient (Wildman–Crippen LogP) is 5.70. The molecule has 3 fully saturated rings. The van der Waals surface area contributed by atoms with Crippen LogP contribution in [-0.4, -0.2) is 72.3 Å². The van der Waals surface area contributed by atoms with E-state index < -0.39 is 17.2 Å².